The molecule has 3 nitrogen and oxygen atoms in total. The van der Waals surface area contributed by atoms with Crippen LogP contribution in [-0.4, -0.2) is 23.9 Å². The van der Waals surface area contributed by atoms with E-state index in [4.69, 9.17) is 5.73 Å². The van der Waals surface area contributed by atoms with Gasteiger partial charge in [-0.05, 0) is 47.5 Å². The van der Waals surface area contributed by atoms with E-state index >= 15 is 0 Å². The number of carbonyl (C=O) groups is 1. The lowest BCUT2D eigenvalue weighted by atomic mass is 10.1. The molecule has 1 amide bonds. The molecular formula is C13H15BrN2O. The van der Waals surface area contributed by atoms with Crippen LogP contribution in [0.4, 0.5) is 5.69 Å². The summed E-state index contributed by atoms with van der Waals surface area (Å²) in [4.78, 5) is 14.1. The Hall–Kier alpha value is -1.29. The first-order valence-electron chi connectivity index (χ1n) is 5.58. The maximum atomic E-state index is 12.2. The van der Waals surface area contributed by atoms with Crippen molar-refractivity contribution in [3.63, 3.8) is 0 Å². The van der Waals surface area contributed by atoms with Crippen molar-refractivity contribution in [2.45, 2.75) is 13.3 Å². The van der Waals surface area contributed by atoms with E-state index in [0.29, 0.717) is 11.3 Å². The van der Waals surface area contributed by atoms with E-state index in [1.165, 1.54) is 5.57 Å². The zero-order chi connectivity index (χ0) is 12.4. The van der Waals surface area contributed by atoms with Crippen LogP contribution in [0, 0.1) is 0 Å². The number of benzene rings is 1. The first-order valence-corrected chi connectivity index (χ1v) is 6.37. The molecule has 1 aliphatic heterocycles. The third kappa shape index (κ3) is 2.69. The van der Waals surface area contributed by atoms with Gasteiger partial charge < -0.3 is 10.6 Å². The molecule has 17 heavy (non-hydrogen) atoms. The molecule has 0 aromatic heterocycles. The number of hydrogen-bond donors (Lipinski definition) is 1. The molecule has 0 atom stereocenters. The SMILES string of the molecule is CC1=CCCN(C(=O)c2ccc(N)c(Br)c2)C1. The van der Waals surface area contributed by atoms with Crippen LogP contribution in [0.1, 0.15) is 23.7 Å². The first kappa shape index (κ1) is 12.2. The Bertz CT molecular complexity index is 482. The summed E-state index contributed by atoms with van der Waals surface area (Å²) in [6.45, 7) is 3.57. The topological polar surface area (TPSA) is 46.3 Å². The summed E-state index contributed by atoms with van der Waals surface area (Å²) in [5.74, 6) is 0.0677. The third-order valence-electron chi connectivity index (χ3n) is 2.87. The first-order chi connectivity index (χ1) is 8.08. The normalized spacial score (nSPS) is 15.6. The van der Waals surface area contributed by atoms with Crippen LogP contribution in [0.2, 0.25) is 0 Å². The zero-order valence-corrected chi connectivity index (χ0v) is 11.3. The minimum Gasteiger partial charge on any atom is -0.398 e. The van der Waals surface area contributed by atoms with E-state index in [1.54, 1.807) is 18.2 Å². The Morgan fingerprint density at radius 3 is 2.88 bits per heavy atom. The Kier molecular flexibility index (Phi) is 3.52. The fourth-order valence-corrected chi connectivity index (χ4v) is 2.31. The minimum atomic E-state index is 0.0677. The highest BCUT2D eigenvalue weighted by molar-refractivity contribution is 9.10. The molecule has 90 valence electrons. The van der Waals surface area contributed by atoms with Crippen molar-refractivity contribution in [1.29, 1.82) is 0 Å². The van der Waals surface area contributed by atoms with E-state index < -0.39 is 0 Å². The van der Waals surface area contributed by atoms with Crippen LogP contribution in [0.3, 0.4) is 0 Å². The summed E-state index contributed by atoms with van der Waals surface area (Å²) in [6, 6.07) is 5.31. The highest BCUT2D eigenvalue weighted by Gasteiger charge is 2.18. The molecule has 0 bridgehead atoms. The quantitative estimate of drug-likeness (QED) is 0.639. The lowest BCUT2D eigenvalue weighted by molar-refractivity contribution is 0.0766. The molecule has 0 aliphatic carbocycles. The average Bonchev–Trinajstić information content (AvgIpc) is 2.32. The fourth-order valence-electron chi connectivity index (χ4n) is 1.93. The molecular weight excluding hydrogens is 280 g/mol. The summed E-state index contributed by atoms with van der Waals surface area (Å²) in [5.41, 5.74) is 8.29. The van der Waals surface area contributed by atoms with Gasteiger partial charge in [-0.1, -0.05) is 11.6 Å². The highest BCUT2D eigenvalue weighted by Crippen LogP contribution is 2.22. The second-order valence-corrected chi connectivity index (χ2v) is 5.16. The van der Waals surface area contributed by atoms with Gasteiger partial charge in [-0.2, -0.15) is 0 Å². The summed E-state index contributed by atoms with van der Waals surface area (Å²) in [7, 11) is 0. The number of rotatable bonds is 1. The summed E-state index contributed by atoms with van der Waals surface area (Å²) < 4.78 is 0.771. The number of nitrogens with zero attached hydrogens (tertiary/aromatic N) is 1. The van der Waals surface area contributed by atoms with E-state index in [9.17, 15) is 4.79 Å². The van der Waals surface area contributed by atoms with Gasteiger partial charge in [-0.15, -0.1) is 0 Å². The number of nitrogen functional groups attached to an aromatic ring is 1. The van der Waals surface area contributed by atoms with Gasteiger partial charge in [0.1, 0.15) is 0 Å². The van der Waals surface area contributed by atoms with Crippen LogP contribution in [-0.2, 0) is 0 Å². The molecule has 0 saturated carbocycles. The van der Waals surface area contributed by atoms with Crippen LogP contribution in [0.25, 0.3) is 0 Å². The molecule has 0 saturated heterocycles. The van der Waals surface area contributed by atoms with Crippen molar-refractivity contribution in [1.82, 2.24) is 4.90 Å². The number of halogens is 1. The Labute approximate surface area is 109 Å². The third-order valence-corrected chi connectivity index (χ3v) is 3.55. The van der Waals surface area contributed by atoms with Crippen LogP contribution in [0.15, 0.2) is 34.3 Å². The molecule has 0 unspecified atom stereocenters. The largest absolute Gasteiger partial charge is 0.398 e. The fraction of sp³-hybridized carbons (Fsp3) is 0.308. The molecule has 2 rings (SSSR count). The van der Waals surface area contributed by atoms with E-state index in [0.717, 1.165) is 24.0 Å². The second kappa shape index (κ2) is 4.92. The predicted molar refractivity (Wildman–Crippen MR) is 72.8 cm³/mol. The molecule has 4 heteroatoms. The second-order valence-electron chi connectivity index (χ2n) is 4.30. The lowest BCUT2D eigenvalue weighted by Crippen LogP contribution is -2.35. The monoisotopic (exact) mass is 294 g/mol. The maximum absolute atomic E-state index is 12.2. The molecule has 2 N–H and O–H groups in total. The van der Waals surface area contributed by atoms with Crippen molar-refractivity contribution in [2.24, 2.45) is 0 Å². The summed E-state index contributed by atoms with van der Waals surface area (Å²) in [5, 5.41) is 0. The van der Waals surface area contributed by atoms with Gasteiger partial charge in [0.25, 0.3) is 5.91 Å². The van der Waals surface area contributed by atoms with Crippen molar-refractivity contribution >= 4 is 27.5 Å². The summed E-state index contributed by atoms with van der Waals surface area (Å²) >= 11 is 3.34. The molecule has 1 aliphatic rings. The van der Waals surface area contributed by atoms with Crippen LogP contribution in [0.5, 0.6) is 0 Å². The van der Waals surface area contributed by atoms with Gasteiger partial charge in [0.15, 0.2) is 0 Å². The molecule has 1 aromatic carbocycles. The molecule has 0 fully saturated rings. The van der Waals surface area contributed by atoms with Crippen LogP contribution < -0.4 is 5.73 Å². The molecule has 1 heterocycles. The highest BCUT2D eigenvalue weighted by atomic mass is 79.9. The van der Waals surface area contributed by atoms with E-state index in [2.05, 4.69) is 28.9 Å². The van der Waals surface area contributed by atoms with Crippen molar-refractivity contribution < 1.29 is 4.79 Å². The summed E-state index contributed by atoms with van der Waals surface area (Å²) in [6.07, 6.45) is 3.12. The van der Waals surface area contributed by atoms with Gasteiger partial charge in [0.2, 0.25) is 0 Å². The van der Waals surface area contributed by atoms with Crippen molar-refractivity contribution in [3.05, 3.63) is 39.9 Å². The van der Waals surface area contributed by atoms with Gasteiger partial charge in [-0.3, -0.25) is 4.79 Å². The van der Waals surface area contributed by atoms with E-state index in [1.807, 2.05) is 4.90 Å². The Morgan fingerprint density at radius 2 is 2.24 bits per heavy atom. The number of nitrogens with two attached hydrogens (primary N) is 1. The van der Waals surface area contributed by atoms with Gasteiger partial charge in [-0.25, -0.2) is 0 Å². The van der Waals surface area contributed by atoms with Gasteiger partial charge in [0, 0.05) is 28.8 Å². The lowest BCUT2D eigenvalue weighted by Gasteiger charge is -2.26. The predicted octanol–water partition coefficient (Wildman–Crippen LogP) is 2.82. The molecule has 0 spiro atoms. The molecule has 0 radical (unpaired) electrons. The smallest absolute Gasteiger partial charge is 0.254 e. The van der Waals surface area contributed by atoms with Crippen molar-refractivity contribution in [2.75, 3.05) is 18.8 Å². The maximum Gasteiger partial charge on any atom is 0.254 e. The number of anilines is 1. The number of amides is 1. The number of carbonyl (C=O) groups excluding carboxylic acids is 1. The van der Waals surface area contributed by atoms with Gasteiger partial charge >= 0.3 is 0 Å². The van der Waals surface area contributed by atoms with E-state index in [-0.39, 0.29) is 5.91 Å². The average molecular weight is 295 g/mol. The van der Waals surface area contributed by atoms with Gasteiger partial charge in [0.05, 0.1) is 0 Å². The van der Waals surface area contributed by atoms with Crippen molar-refractivity contribution in [3.8, 4) is 0 Å². The minimum absolute atomic E-state index is 0.0677. The Balaban J connectivity index is 2.19. The molecule has 1 aromatic rings. The number of hydrogen-bond acceptors (Lipinski definition) is 2. The Morgan fingerprint density at radius 1 is 1.47 bits per heavy atom. The zero-order valence-electron chi connectivity index (χ0n) is 9.74. The standard InChI is InChI=1S/C13H15BrN2O/c1-9-3-2-6-16(8-9)13(17)10-4-5-12(15)11(14)7-10/h3-5,7H,2,6,8,15H2,1H3. The van der Waals surface area contributed by atoms with Crippen LogP contribution >= 0.6 is 15.9 Å².